The fourth-order valence-electron chi connectivity index (χ4n) is 1.23. The second-order valence-corrected chi connectivity index (χ2v) is 3.69. The van der Waals surface area contributed by atoms with Crippen LogP contribution < -0.4 is 0 Å². The predicted molar refractivity (Wildman–Crippen MR) is 51.8 cm³/mol. The lowest BCUT2D eigenvalue weighted by molar-refractivity contribution is -0.135. The smallest absolute Gasteiger partial charge is 0.353 e. The summed E-state index contributed by atoms with van der Waals surface area (Å²) in [6.45, 7) is 2.20. The van der Waals surface area contributed by atoms with Crippen molar-refractivity contribution < 1.29 is 9.53 Å². The molecule has 0 saturated carbocycles. The van der Waals surface area contributed by atoms with E-state index in [4.69, 9.17) is 4.74 Å². The van der Waals surface area contributed by atoms with E-state index in [-0.39, 0.29) is 5.97 Å². The topological polar surface area (TPSA) is 38.7 Å². The molecular weight excluding hydrogens is 186 g/mol. The van der Waals surface area contributed by atoms with E-state index in [0.717, 1.165) is 10.6 Å². The normalized spacial score (nSPS) is 13.8. The first-order chi connectivity index (χ1) is 6.31. The highest BCUT2D eigenvalue weighted by Gasteiger charge is 2.22. The van der Waals surface area contributed by atoms with Gasteiger partial charge in [0, 0.05) is 11.3 Å². The fraction of sp³-hybridized carbons (Fsp3) is 0.333. The molecule has 0 N–H and O–H groups in total. The molecular formula is C9H9NO2S. The van der Waals surface area contributed by atoms with Crippen LogP contribution in [0.3, 0.4) is 0 Å². The zero-order valence-electron chi connectivity index (χ0n) is 7.24. The number of nitrogens with zero attached hydrogens (tertiary/aromatic N) is 1. The largest absolute Gasteiger partial charge is 0.461 e. The summed E-state index contributed by atoms with van der Waals surface area (Å²) in [6.07, 6.45) is 0.631. The molecule has 0 atom stereocenters. The summed E-state index contributed by atoms with van der Waals surface area (Å²) in [4.78, 5) is 16.6. The van der Waals surface area contributed by atoms with Crippen LogP contribution in [-0.2, 0) is 16.0 Å². The Kier molecular flexibility index (Phi) is 2.14. The maximum Gasteiger partial charge on any atom is 0.353 e. The zero-order valence-corrected chi connectivity index (χ0v) is 8.06. The van der Waals surface area contributed by atoms with E-state index in [1.54, 1.807) is 18.3 Å². The van der Waals surface area contributed by atoms with Crippen molar-refractivity contribution in [1.29, 1.82) is 0 Å². The first-order valence-corrected chi connectivity index (χ1v) is 5.00. The first kappa shape index (κ1) is 8.44. The van der Waals surface area contributed by atoms with Crippen molar-refractivity contribution >= 4 is 28.7 Å². The number of carbonyl (C=O) groups is 1. The van der Waals surface area contributed by atoms with Crippen molar-refractivity contribution in [2.45, 2.75) is 13.3 Å². The van der Waals surface area contributed by atoms with Crippen LogP contribution >= 0.6 is 11.3 Å². The Balaban J connectivity index is 2.14. The van der Waals surface area contributed by atoms with Gasteiger partial charge in [0.05, 0.1) is 12.3 Å². The molecule has 1 aromatic rings. The number of carbonyl (C=O) groups excluding carboxylic acids is 1. The van der Waals surface area contributed by atoms with Gasteiger partial charge in [-0.15, -0.1) is 11.3 Å². The number of fused-ring (bicyclic) bond motifs is 1. The minimum atomic E-state index is -0.286. The van der Waals surface area contributed by atoms with Gasteiger partial charge in [-0.1, -0.05) is 0 Å². The second-order valence-electron chi connectivity index (χ2n) is 2.68. The van der Waals surface area contributed by atoms with Crippen LogP contribution in [0.15, 0.2) is 16.4 Å². The van der Waals surface area contributed by atoms with Gasteiger partial charge >= 0.3 is 5.97 Å². The third kappa shape index (κ3) is 1.49. The van der Waals surface area contributed by atoms with Crippen LogP contribution in [-0.4, -0.2) is 18.3 Å². The monoisotopic (exact) mass is 195 g/mol. The van der Waals surface area contributed by atoms with Gasteiger partial charge in [0.1, 0.15) is 5.71 Å². The molecule has 1 aromatic heterocycles. The van der Waals surface area contributed by atoms with Gasteiger partial charge in [0.2, 0.25) is 0 Å². The first-order valence-electron chi connectivity index (χ1n) is 4.12. The van der Waals surface area contributed by atoms with Crippen LogP contribution in [0.25, 0.3) is 0 Å². The van der Waals surface area contributed by atoms with Gasteiger partial charge in [-0.2, -0.15) is 0 Å². The molecule has 2 rings (SSSR count). The van der Waals surface area contributed by atoms with Gasteiger partial charge in [-0.3, -0.25) is 0 Å². The maximum atomic E-state index is 11.3. The summed E-state index contributed by atoms with van der Waals surface area (Å²) < 4.78 is 4.86. The molecule has 4 heteroatoms. The van der Waals surface area contributed by atoms with Crippen LogP contribution in [0, 0.1) is 0 Å². The van der Waals surface area contributed by atoms with Crippen molar-refractivity contribution in [2.75, 3.05) is 6.61 Å². The summed E-state index contributed by atoms with van der Waals surface area (Å²) in [6, 6.07) is 1.92. The third-order valence-corrected chi connectivity index (χ3v) is 2.73. The highest BCUT2D eigenvalue weighted by atomic mass is 32.1. The van der Waals surface area contributed by atoms with Gasteiger partial charge in [0.25, 0.3) is 0 Å². The Morgan fingerprint density at radius 3 is 3.31 bits per heavy atom. The summed E-state index contributed by atoms with van der Waals surface area (Å²) in [5, 5.41) is 1.98. The Morgan fingerprint density at radius 2 is 2.62 bits per heavy atom. The average molecular weight is 195 g/mol. The number of ether oxygens (including phenoxy) is 1. The number of hydrogen-bond donors (Lipinski definition) is 0. The molecule has 1 aliphatic heterocycles. The SMILES string of the molecule is CCOC(=O)C1=Nc2ccsc2C1. The second kappa shape index (κ2) is 3.30. The molecule has 13 heavy (non-hydrogen) atoms. The van der Waals surface area contributed by atoms with E-state index in [1.807, 2.05) is 11.4 Å². The lowest BCUT2D eigenvalue weighted by Gasteiger charge is -1.98. The van der Waals surface area contributed by atoms with Crippen LogP contribution in [0.2, 0.25) is 0 Å². The molecule has 0 aromatic carbocycles. The van der Waals surface area contributed by atoms with Crippen LogP contribution in [0.5, 0.6) is 0 Å². The van der Waals surface area contributed by atoms with Crippen molar-refractivity contribution in [1.82, 2.24) is 0 Å². The summed E-state index contributed by atoms with van der Waals surface area (Å²) in [5.74, 6) is -0.286. The molecule has 0 saturated heterocycles. The van der Waals surface area contributed by atoms with E-state index < -0.39 is 0 Å². The van der Waals surface area contributed by atoms with Crippen LogP contribution in [0.4, 0.5) is 5.69 Å². The Hall–Kier alpha value is -1.16. The van der Waals surface area contributed by atoms with E-state index >= 15 is 0 Å². The number of hydrogen-bond acceptors (Lipinski definition) is 4. The molecule has 0 fully saturated rings. The minimum Gasteiger partial charge on any atom is -0.461 e. The molecule has 1 aliphatic rings. The summed E-state index contributed by atoms with van der Waals surface area (Å²) in [5.41, 5.74) is 1.46. The molecule has 2 heterocycles. The average Bonchev–Trinajstić information content (AvgIpc) is 2.61. The van der Waals surface area contributed by atoms with E-state index in [1.165, 1.54) is 0 Å². The Labute approximate surface area is 80.1 Å². The molecule has 0 spiro atoms. The van der Waals surface area contributed by atoms with E-state index in [2.05, 4.69) is 4.99 Å². The van der Waals surface area contributed by atoms with Crippen LogP contribution in [0.1, 0.15) is 11.8 Å². The lowest BCUT2D eigenvalue weighted by Crippen LogP contribution is -2.17. The van der Waals surface area contributed by atoms with Crippen molar-refractivity contribution in [3.63, 3.8) is 0 Å². The predicted octanol–water partition coefficient (Wildman–Crippen LogP) is 1.94. The van der Waals surface area contributed by atoms with E-state index in [0.29, 0.717) is 18.7 Å². The molecule has 0 radical (unpaired) electrons. The van der Waals surface area contributed by atoms with Crippen molar-refractivity contribution in [2.24, 2.45) is 4.99 Å². The highest BCUT2D eigenvalue weighted by Crippen LogP contribution is 2.31. The number of esters is 1. The van der Waals surface area contributed by atoms with Gasteiger partial charge in [-0.05, 0) is 18.4 Å². The molecule has 0 unspecified atom stereocenters. The fourth-order valence-corrected chi connectivity index (χ4v) is 2.05. The van der Waals surface area contributed by atoms with Gasteiger partial charge in [-0.25, -0.2) is 9.79 Å². The summed E-state index contributed by atoms with van der Waals surface area (Å²) >= 11 is 1.63. The standard InChI is InChI=1S/C9H9NO2S/c1-2-12-9(11)7-5-8-6(10-7)3-4-13-8/h3-4H,2,5H2,1H3. The summed E-state index contributed by atoms with van der Waals surface area (Å²) in [7, 11) is 0. The Morgan fingerprint density at radius 1 is 1.77 bits per heavy atom. The zero-order chi connectivity index (χ0) is 9.26. The quantitative estimate of drug-likeness (QED) is 0.676. The van der Waals surface area contributed by atoms with Gasteiger partial charge in [0.15, 0.2) is 0 Å². The number of thiophene rings is 1. The molecule has 0 amide bonds. The van der Waals surface area contributed by atoms with Crippen molar-refractivity contribution in [3.05, 3.63) is 16.3 Å². The molecule has 0 aliphatic carbocycles. The van der Waals surface area contributed by atoms with Gasteiger partial charge < -0.3 is 4.74 Å². The third-order valence-electron chi connectivity index (χ3n) is 1.82. The Bertz CT molecular complexity index is 367. The lowest BCUT2D eigenvalue weighted by atomic mass is 10.3. The molecule has 0 bridgehead atoms. The number of aliphatic imine (C=N–C) groups is 1. The maximum absolute atomic E-state index is 11.3. The van der Waals surface area contributed by atoms with Crippen molar-refractivity contribution in [3.8, 4) is 0 Å². The number of rotatable bonds is 2. The minimum absolute atomic E-state index is 0.286. The van der Waals surface area contributed by atoms with E-state index in [9.17, 15) is 4.79 Å². The molecule has 68 valence electrons. The molecule has 3 nitrogen and oxygen atoms in total. The highest BCUT2D eigenvalue weighted by molar-refractivity contribution is 7.10.